The van der Waals surface area contributed by atoms with E-state index in [1.54, 1.807) is 18.7 Å². The molecule has 0 aromatic heterocycles. The summed E-state index contributed by atoms with van der Waals surface area (Å²) >= 11 is 5.51. The molecule has 3 heteroatoms. The van der Waals surface area contributed by atoms with Gasteiger partial charge in [0.15, 0.2) is 0 Å². The zero-order chi connectivity index (χ0) is 8.32. The Bertz CT molecular complexity index is 223. The first-order valence-electron chi connectivity index (χ1n) is 3.47. The summed E-state index contributed by atoms with van der Waals surface area (Å²) in [5.74, 6) is 0. The van der Waals surface area contributed by atoms with E-state index in [-0.39, 0.29) is 5.50 Å². The van der Waals surface area contributed by atoms with E-state index in [1.165, 1.54) is 0 Å². The number of benzene rings is 1. The predicted molar refractivity (Wildman–Crippen MR) is 49.5 cm³/mol. The normalized spacial score (nSPS) is 15.9. The quantitative estimate of drug-likeness (QED) is 0.379. The summed E-state index contributed by atoms with van der Waals surface area (Å²) in [6.07, 6.45) is 0. The van der Waals surface area contributed by atoms with Crippen molar-refractivity contribution >= 4 is 25.2 Å². The van der Waals surface area contributed by atoms with Crippen molar-refractivity contribution in [1.82, 2.24) is 0 Å². The molecule has 0 aliphatic heterocycles. The number of rotatable bonds is 2. The first-order valence-corrected chi connectivity index (χ1v) is 6.59. The lowest BCUT2D eigenvalue weighted by molar-refractivity contribution is 0.818. The highest BCUT2D eigenvalue weighted by Gasteiger charge is 2.28. The van der Waals surface area contributed by atoms with Crippen LogP contribution in [0.2, 0.25) is 6.55 Å². The highest BCUT2D eigenvalue weighted by Crippen LogP contribution is 2.06. The molecule has 1 rings (SSSR count). The molecule has 0 heterocycles. The molecule has 0 bridgehead atoms. The minimum absolute atomic E-state index is 0.136. The average molecular weight is 189 g/mol. The topological polar surface area (TPSA) is 0 Å². The van der Waals surface area contributed by atoms with Gasteiger partial charge in [-0.1, -0.05) is 30.3 Å². The van der Waals surface area contributed by atoms with Crippen LogP contribution in [-0.2, 0) is 0 Å². The predicted octanol–water partition coefficient (Wildman–Crippen LogP) is 2.22. The Morgan fingerprint density at radius 2 is 1.91 bits per heavy atom. The Labute approximate surface area is 72.2 Å². The summed E-state index contributed by atoms with van der Waals surface area (Å²) in [5, 5.41) is 0.773. The molecule has 1 unspecified atom stereocenters. The molecule has 0 radical (unpaired) electrons. The van der Waals surface area contributed by atoms with E-state index in [4.69, 9.17) is 11.6 Å². The molecule has 0 saturated carbocycles. The van der Waals surface area contributed by atoms with Crippen LogP contribution in [0.15, 0.2) is 30.3 Å². The summed E-state index contributed by atoms with van der Waals surface area (Å²) < 4.78 is 13.6. The Morgan fingerprint density at radius 1 is 1.36 bits per heavy atom. The molecule has 0 aliphatic carbocycles. The maximum absolute atomic E-state index is 13.6. The SMILES string of the molecule is C[Si](F)(CCl)c1ccccc1. The Balaban J connectivity index is 2.93. The molecule has 0 amide bonds. The van der Waals surface area contributed by atoms with Gasteiger partial charge in [-0.15, -0.1) is 11.6 Å². The van der Waals surface area contributed by atoms with Gasteiger partial charge in [-0.3, -0.25) is 0 Å². The monoisotopic (exact) mass is 188 g/mol. The molecule has 11 heavy (non-hydrogen) atoms. The Hall–Kier alpha value is -0.343. The van der Waals surface area contributed by atoms with Gasteiger partial charge < -0.3 is 4.11 Å². The first kappa shape index (κ1) is 8.75. The van der Waals surface area contributed by atoms with Gasteiger partial charge in [-0.05, 0) is 11.7 Å². The molecule has 1 atom stereocenters. The second-order valence-electron chi connectivity index (χ2n) is 2.70. The standard InChI is InChI=1S/C8H10ClFSi/c1-11(10,7-9)8-5-3-2-4-6-8/h2-6H,7H2,1H3. The van der Waals surface area contributed by atoms with Crippen LogP contribution in [0.4, 0.5) is 4.11 Å². The molecule has 60 valence electrons. The third-order valence-electron chi connectivity index (χ3n) is 1.63. The van der Waals surface area contributed by atoms with Crippen LogP contribution in [0.3, 0.4) is 0 Å². The van der Waals surface area contributed by atoms with Crippen molar-refractivity contribution in [3.63, 3.8) is 0 Å². The highest BCUT2D eigenvalue weighted by molar-refractivity contribution is 6.89. The van der Waals surface area contributed by atoms with E-state index in [9.17, 15) is 4.11 Å². The fourth-order valence-corrected chi connectivity index (χ4v) is 2.37. The average Bonchev–Trinajstić information content (AvgIpc) is 2.06. The van der Waals surface area contributed by atoms with Crippen LogP contribution in [0, 0.1) is 0 Å². The minimum atomic E-state index is -2.79. The number of alkyl halides is 1. The largest absolute Gasteiger partial charge is 0.307 e. The molecule has 0 spiro atoms. The van der Waals surface area contributed by atoms with Gasteiger partial charge in [0.2, 0.25) is 0 Å². The van der Waals surface area contributed by atoms with Crippen LogP contribution in [-0.4, -0.2) is 13.9 Å². The van der Waals surface area contributed by atoms with Crippen molar-refractivity contribution in [3.05, 3.63) is 30.3 Å². The minimum Gasteiger partial charge on any atom is -0.307 e. The third kappa shape index (κ3) is 2.04. The second kappa shape index (κ2) is 3.37. The number of hydrogen-bond donors (Lipinski definition) is 0. The maximum Gasteiger partial charge on any atom is 0.289 e. The zero-order valence-corrected chi connectivity index (χ0v) is 8.11. The lowest BCUT2D eigenvalue weighted by Gasteiger charge is -2.13. The molecular weight excluding hydrogens is 179 g/mol. The van der Waals surface area contributed by atoms with Crippen LogP contribution < -0.4 is 5.19 Å². The fraction of sp³-hybridized carbons (Fsp3) is 0.250. The second-order valence-corrected chi connectivity index (χ2v) is 6.74. The van der Waals surface area contributed by atoms with Crippen molar-refractivity contribution < 1.29 is 4.11 Å². The van der Waals surface area contributed by atoms with Gasteiger partial charge in [-0.25, -0.2) is 0 Å². The van der Waals surface area contributed by atoms with E-state index >= 15 is 0 Å². The molecule has 0 saturated heterocycles. The van der Waals surface area contributed by atoms with Gasteiger partial charge in [0.25, 0.3) is 8.41 Å². The third-order valence-corrected chi connectivity index (χ3v) is 5.17. The number of hydrogen-bond acceptors (Lipinski definition) is 0. The molecule has 0 nitrogen and oxygen atoms in total. The van der Waals surface area contributed by atoms with Crippen LogP contribution in [0.5, 0.6) is 0 Å². The first-order chi connectivity index (χ1) is 5.17. The summed E-state index contributed by atoms with van der Waals surface area (Å²) in [6, 6.07) is 9.16. The molecule has 1 aromatic carbocycles. The number of halogens is 2. The van der Waals surface area contributed by atoms with Crippen LogP contribution in [0.25, 0.3) is 0 Å². The van der Waals surface area contributed by atoms with Gasteiger partial charge >= 0.3 is 0 Å². The summed E-state index contributed by atoms with van der Waals surface area (Å²) in [6.45, 7) is 1.62. The summed E-state index contributed by atoms with van der Waals surface area (Å²) in [4.78, 5) is 0. The lowest BCUT2D eigenvalue weighted by atomic mass is 10.4. The van der Waals surface area contributed by atoms with Gasteiger partial charge in [-0.2, -0.15) is 0 Å². The van der Waals surface area contributed by atoms with Gasteiger partial charge in [0.1, 0.15) is 0 Å². The fourth-order valence-electron chi connectivity index (χ4n) is 0.863. The van der Waals surface area contributed by atoms with Gasteiger partial charge in [0.05, 0.1) is 0 Å². The molecule has 0 N–H and O–H groups in total. The summed E-state index contributed by atoms with van der Waals surface area (Å²) in [5.41, 5.74) is 0.136. The lowest BCUT2D eigenvalue weighted by Crippen LogP contribution is -2.42. The molecule has 1 aromatic rings. The zero-order valence-electron chi connectivity index (χ0n) is 6.35. The Kier molecular flexibility index (Phi) is 2.68. The molecule has 0 fully saturated rings. The van der Waals surface area contributed by atoms with Crippen molar-refractivity contribution in [1.29, 1.82) is 0 Å². The maximum atomic E-state index is 13.6. The van der Waals surface area contributed by atoms with Crippen molar-refractivity contribution in [2.45, 2.75) is 6.55 Å². The van der Waals surface area contributed by atoms with Crippen molar-refractivity contribution in [2.75, 3.05) is 5.50 Å². The van der Waals surface area contributed by atoms with E-state index in [0.717, 1.165) is 5.19 Å². The van der Waals surface area contributed by atoms with Crippen LogP contribution in [0.1, 0.15) is 0 Å². The van der Waals surface area contributed by atoms with E-state index in [1.807, 2.05) is 18.2 Å². The smallest absolute Gasteiger partial charge is 0.289 e. The van der Waals surface area contributed by atoms with Crippen LogP contribution >= 0.6 is 11.6 Å². The van der Waals surface area contributed by atoms with E-state index in [0.29, 0.717) is 0 Å². The van der Waals surface area contributed by atoms with Crippen molar-refractivity contribution in [3.8, 4) is 0 Å². The van der Waals surface area contributed by atoms with E-state index in [2.05, 4.69) is 0 Å². The highest BCUT2D eigenvalue weighted by atomic mass is 35.5. The Morgan fingerprint density at radius 3 is 2.36 bits per heavy atom. The molecular formula is C8H10ClFSi. The molecule has 0 aliphatic rings. The van der Waals surface area contributed by atoms with Crippen molar-refractivity contribution in [2.24, 2.45) is 0 Å². The van der Waals surface area contributed by atoms with E-state index < -0.39 is 8.41 Å². The summed E-state index contributed by atoms with van der Waals surface area (Å²) in [7, 11) is -2.79. The van der Waals surface area contributed by atoms with Gasteiger partial charge in [0, 0.05) is 5.50 Å².